The third-order valence-corrected chi connectivity index (χ3v) is 4.61. The van der Waals surface area contributed by atoms with E-state index >= 15 is 0 Å². The second-order valence-corrected chi connectivity index (χ2v) is 7.64. The van der Waals surface area contributed by atoms with Crippen molar-refractivity contribution in [3.8, 4) is 11.5 Å². The Morgan fingerprint density at radius 3 is 2.59 bits per heavy atom. The molecule has 7 heteroatoms. The van der Waals surface area contributed by atoms with Crippen LogP contribution in [0.2, 0.25) is 0 Å². The molecule has 2 rings (SSSR count). The molecular formula is C20H28N2O5. The second kappa shape index (κ2) is 7.90. The molecule has 0 bridgehead atoms. The van der Waals surface area contributed by atoms with Crippen molar-refractivity contribution in [2.75, 3.05) is 6.61 Å². The molecule has 0 aliphatic carbocycles. The summed E-state index contributed by atoms with van der Waals surface area (Å²) in [4.78, 5) is 24.9. The van der Waals surface area contributed by atoms with Gasteiger partial charge < -0.3 is 25.2 Å². The average Bonchev–Trinajstić information content (AvgIpc) is 2.55. The molecule has 1 aliphatic rings. The highest BCUT2D eigenvalue weighted by atomic mass is 16.5. The summed E-state index contributed by atoms with van der Waals surface area (Å²) in [6.07, 6.45) is -0.317. The molecule has 0 radical (unpaired) electrons. The first-order valence-corrected chi connectivity index (χ1v) is 8.99. The number of esters is 1. The minimum Gasteiger partial charge on any atom is -0.504 e. The topological polar surface area (TPSA) is 96.9 Å². The Balaban J connectivity index is 2.41. The van der Waals surface area contributed by atoms with Crippen LogP contribution < -0.4 is 15.4 Å². The van der Waals surface area contributed by atoms with E-state index in [0.29, 0.717) is 23.4 Å². The van der Waals surface area contributed by atoms with Crippen LogP contribution in [0.15, 0.2) is 29.5 Å². The van der Waals surface area contributed by atoms with Gasteiger partial charge in [0, 0.05) is 5.70 Å². The number of rotatable bonds is 5. The fraction of sp³-hybridized carbons (Fsp3) is 0.500. The lowest BCUT2D eigenvalue weighted by Crippen LogP contribution is -2.46. The molecule has 1 aliphatic heterocycles. The van der Waals surface area contributed by atoms with Gasteiger partial charge in [0.2, 0.25) is 0 Å². The number of urea groups is 1. The van der Waals surface area contributed by atoms with E-state index in [1.165, 1.54) is 6.07 Å². The number of phenolic OH excluding ortho intramolecular Hbond substituents is 1. The maximum atomic E-state index is 12.9. The van der Waals surface area contributed by atoms with Crippen LogP contribution in [0.5, 0.6) is 11.5 Å². The highest BCUT2D eigenvalue weighted by molar-refractivity contribution is 5.95. The van der Waals surface area contributed by atoms with Gasteiger partial charge in [-0.05, 0) is 43.9 Å². The number of benzene rings is 1. The van der Waals surface area contributed by atoms with Crippen LogP contribution in [0.4, 0.5) is 4.79 Å². The van der Waals surface area contributed by atoms with Crippen LogP contribution in [-0.2, 0) is 9.53 Å². The van der Waals surface area contributed by atoms with Gasteiger partial charge in [-0.2, -0.15) is 0 Å². The maximum absolute atomic E-state index is 12.9. The number of hydrogen-bond donors (Lipinski definition) is 3. The summed E-state index contributed by atoms with van der Waals surface area (Å²) in [5.74, 6) is -0.221. The first-order chi connectivity index (χ1) is 12.5. The van der Waals surface area contributed by atoms with Gasteiger partial charge in [0.05, 0.1) is 18.2 Å². The molecule has 0 fully saturated rings. The molecule has 3 N–H and O–H groups in total. The molecule has 1 aromatic carbocycles. The lowest BCUT2D eigenvalue weighted by molar-refractivity contribution is -0.149. The number of phenols is 1. The summed E-state index contributed by atoms with van der Waals surface area (Å²) in [6.45, 7) is 11.6. The second-order valence-electron chi connectivity index (χ2n) is 7.64. The van der Waals surface area contributed by atoms with Crippen LogP contribution >= 0.6 is 0 Å². The van der Waals surface area contributed by atoms with E-state index in [2.05, 4.69) is 10.6 Å². The van der Waals surface area contributed by atoms with Crippen LogP contribution in [-0.4, -0.2) is 29.8 Å². The van der Waals surface area contributed by atoms with E-state index in [1.54, 1.807) is 26.0 Å². The van der Waals surface area contributed by atoms with Crippen LogP contribution in [0.3, 0.4) is 0 Å². The zero-order valence-corrected chi connectivity index (χ0v) is 16.7. The number of ether oxygens (including phenoxy) is 2. The predicted octanol–water partition coefficient (Wildman–Crippen LogP) is 3.40. The van der Waals surface area contributed by atoms with Gasteiger partial charge in [-0.1, -0.05) is 26.8 Å². The Kier molecular flexibility index (Phi) is 6.03. The lowest BCUT2D eigenvalue weighted by Gasteiger charge is -2.31. The molecule has 0 saturated heterocycles. The van der Waals surface area contributed by atoms with Crippen molar-refractivity contribution in [1.82, 2.24) is 10.6 Å². The first kappa shape index (κ1) is 20.6. The molecule has 0 aromatic heterocycles. The number of carbonyl (C=O) groups excluding carboxylic acids is 2. The third-order valence-electron chi connectivity index (χ3n) is 4.61. The largest absolute Gasteiger partial charge is 0.504 e. The maximum Gasteiger partial charge on any atom is 0.338 e. The molecule has 148 valence electrons. The number of allylic oxidation sites excluding steroid dienone is 1. The van der Waals surface area contributed by atoms with Crippen molar-refractivity contribution in [2.24, 2.45) is 5.41 Å². The molecule has 0 unspecified atom stereocenters. The highest BCUT2D eigenvalue weighted by Gasteiger charge is 2.35. The van der Waals surface area contributed by atoms with Gasteiger partial charge in [0.15, 0.2) is 11.5 Å². The van der Waals surface area contributed by atoms with E-state index in [1.807, 2.05) is 27.7 Å². The normalized spacial score (nSPS) is 18.4. The summed E-state index contributed by atoms with van der Waals surface area (Å²) in [5, 5.41) is 15.3. The Bertz CT molecular complexity index is 764. The van der Waals surface area contributed by atoms with E-state index < -0.39 is 18.0 Å². The van der Waals surface area contributed by atoms with Gasteiger partial charge in [0.25, 0.3) is 0 Å². The fourth-order valence-electron chi connectivity index (χ4n) is 2.60. The Morgan fingerprint density at radius 2 is 2.00 bits per heavy atom. The zero-order valence-electron chi connectivity index (χ0n) is 16.7. The molecule has 7 nitrogen and oxygen atoms in total. The van der Waals surface area contributed by atoms with Crippen LogP contribution in [0.25, 0.3) is 0 Å². The first-order valence-electron chi connectivity index (χ1n) is 8.99. The Hall–Kier alpha value is -2.70. The van der Waals surface area contributed by atoms with Gasteiger partial charge in [-0.3, -0.25) is 0 Å². The van der Waals surface area contributed by atoms with E-state index in [9.17, 15) is 14.7 Å². The Labute approximate surface area is 159 Å². The fourth-order valence-corrected chi connectivity index (χ4v) is 2.60. The quantitative estimate of drug-likeness (QED) is 0.685. The lowest BCUT2D eigenvalue weighted by atomic mass is 9.90. The minimum absolute atomic E-state index is 0.00737. The minimum atomic E-state index is -0.710. The number of hydrogen-bond acceptors (Lipinski definition) is 5. The van der Waals surface area contributed by atoms with E-state index in [4.69, 9.17) is 9.47 Å². The van der Waals surface area contributed by atoms with Crippen molar-refractivity contribution >= 4 is 12.0 Å². The van der Waals surface area contributed by atoms with Crippen molar-refractivity contribution in [3.05, 3.63) is 35.0 Å². The number of nitrogens with one attached hydrogen (secondary N) is 2. The average molecular weight is 376 g/mol. The van der Waals surface area contributed by atoms with Crippen LogP contribution in [0.1, 0.15) is 53.1 Å². The molecule has 0 spiro atoms. The van der Waals surface area contributed by atoms with Gasteiger partial charge in [0.1, 0.15) is 6.10 Å². The van der Waals surface area contributed by atoms with Crippen molar-refractivity contribution in [3.63, 3.8) is 0 Å². The standard InChI is InChI=1S/C20H28N2O5/c1-7-26-15-10-13(8-9-14(15)23)17-16(11(2)21-19(25)22-17)18(24)27-12(3)20(4,5)6/h8-10,12,17,23H,7H2,1-6H3,(H2,21,22,25)/t12-,17+/m0/s1. The van der Waals surface area contributed by atoms with Crippen molar-refractivity contribution < 1.29 is 24.2 Å². The molecule has 2 amide bonds. The predicted molar refractivity (Wildman–Crippen MR) is 101 cm³/mol. The summed E-state index contributed by atoms with van der Waals surface area (Å²) >= 11 is 0. The number of amides is 2. The molecule has 27 heavy (non-hydrogen) atoms. The van der Waals surface area contributed by atoms with Gasteiger partial charge >= 0.3 is 12.0 Å². The molecule has 0 saturated carbocycles. The zero-order chi connectivity index (χ0) is 20.4. The molecule has 1 heterocycles. The number of aromatic hydroxyl groups is 1. The van der Waals surface area contributed by atoms with Gasteiger partial charge in [-0.15, -0.1) is 0 Å². The molecular weight excluding hydrogens is 348 g/mol. The van der Waals surface area contributed by atoms with E-state index in [0.717, 1.165) is 0 Å². The SMILES string of the molecule is CCOc1cc([C@H]2NC(=O)NC(C)=C2C(=O)O[C@@H](C)C(C)(C)C)ccc1O. The van der Waals surface area contributed by atoms with Crippen molar-refractivity contribution in [1.29, 1.82) is 0 Å². The summed E-state index contributed by atoms with van der Waals surface area (Å²) in [6, 6.07) is 3.61. The highest BCUT2D eigenvalue weighted by Crippen LogP contribution is 2.34. The Morgan fingerprint density at radius 1 is 1.33 bits per heavy atom. The number of carbonyl (C=O) groups is 2. The molecule has 2 atom stereocenters. The van der Waals surface area contributed by atoms with E-state index in [-0.39, 0.29) is 23.0 Å². The van der Waals surface area contributed by atoms with Crippen molar-refractivity contribution in [2.45, 2.75) is 53.7 Å². The third kappa shape index (κ3) is 4.72. The van der Waals surface area contributed by atoms with Crippen LogP contribution in [0, 0.1) is 5.41 Å². The summed E-state index contributed by atoms with van der Waals surface area (Å²) in [7, 11) is 0. The summed E-state index contributed by atoms with van der Waals surface area (Å²) < 4.78 is 11.1. The summed E-state index contributed by atoms with van der Waals surface area (Å²) in [5.41, 5.74) is 1.14. The monoisotopic (exact) mass is 376 g/mol. The molecule has 1 aromatic rings. The smallest absolute Gasteiger partial charge is 0.338 e. The van der Waals surface area contributed by atoms with Gasteiger partial charge in [-0.25, -0.2) is 9.59 Å².